The lowest BCUT2D eigenvalue weighted by Crippen LogP contribution is -2.24. The highest BCUT2D eigenvalue weighted by Gasteiger charge is 2.08. The summed E-state index contributed by atoms with van der Waals surface area (Å²) in [5.74, 6) is 0.434. The second kappa shape index (κ2) is 5.68. The third-order valence-corrected chi connectivity index (χ3v) is 2.80. The van der Waals surface area contributed by atoms with E-state index in [9.17, 15) is 4.79 Å². The van der Waals surface area contributed by atoms with Gasteiger partial charge in [-0.15, -0.1) is 0 Å². The summed E-state index contributed by atoms with van der Waals surface area (Å²) in [7, 11) is 0. The number of rotatable bonds is 4. The van der Waals surface area contributed by atoms with Crippen LogP contribution in [-0.2, 0) is 4.79 Å². The Morgan fingerprint density at radius 3 is 3.06 bits per heavy atom. The summed E-state index contributed by atoms with van der Waals surface area (Å²) in [6.45, 7) is 1.89. The van der Waals surface area contributed by atoms with E-state index in [-0.39, 0.29) is 11.9 Å². The van der Waals surface area contributed by atoms with E-state index in [1.807, 2.05) is 6.92 Å². The van der Waals surface area contributed by atoms with E-state index in [0.717, 1.165) is 5.56 Å². The van der Waals surface area contributed by atoms with Gasteiger partial charge in [0.05, 0.1) is 12.2 Å². The van der Waals surface area contributed by atoms with Crippen LogP contribution in [0.2, 0.25) is 0 Å². The molecule has 0 saturated heterocycles. The summed E-state index contributed by atoms with van der Waals surface area (Å²) >= 11 is 3.19. The Balaban J connectivity index is 1.91. The van der Waals surface area contributed by atoms with Crippen LogP contribution in [0.15, 0.2) is 39.7 Å². The molecule has 5 nitrogen and oxygen atoms in total. The van der Waals surface area contributed by atoms with Crippen LogP contribution in [0.3, 0.4) is 0 Å². The second-order valence-corrected chi connectivity index (χ2v) is 4.52. The molecule has 0 aliphatic rings. The van der Waals surface area contributed by atoms with Gasteiger partial charge in [0, 0.05) is 17.8 Å². The van der Waals surface area contributed by atoms with E-state index >= 15 is 0 Å². The Bertz CT molecular complexity index is 545. The van der Waals surface area contributed by atoms with Gasteiger partial charge in [-0.1, -0.05) is 0 Å². The van der Waals surface area contributed by atoms with E-state index in [4.69, 9.17) is 4.42 Å². The predicted octanol–water partition coefficient (Wildman–Crippen LogP) is 2.66. The van der Waals surface area contributed by atoms with Crippen molar-refractivity contribution in [3.8, 4) is 0 Å². The third-order valence-electron chi connectivity index (χ3n) is 2.37. The topological polar surface area (TPSA) is 70.9 Å². The third kappa shape index (κ3) is 3.33. The molecule has 0 aromatic carbocycles. The van der Waals surface area contributed by atoms with Gasteiger partial charge in [0.15, 0.2) is 4.67 Å². The normalized spacial score (nSPS) is 12.8. The number of hydrogen-bond acceptors (Lipinski definition) is 3. The molecule has 2 N–H and O–H groups in total. The zero-order valence-electron chi connectivity index (χ0n) is 9.68. The quantitative estimate of drug-likeness (QED) is 0.853. The first-order valence-corrected chi connectivity index (χ1v) is 6.17. The molecular formula is C12H12BrN3O2. The standard InChI is InChI=1S/C12H12BrN3O2/c1-8(9-6-14-15-7-9)16-12(17)5-3-10-2-4-11(13)18-10/h2-8H,1H3,(H,14,15)(H,16,17)/b5-3+. The maximum atomic E-state index is 11.6. The molecule has 0 radical (unpaired) electrons. The molecule has 1 atom stereocenters. The van der Waals surface area contributed by atoms with Gasteiger partial charge < -0.3 is 9.73 Å². The summed E-state index contributed by atoms with van der Waals surface area (Å²) < 4.78 is 5.88. The summed E-state index contributed by atoms with van der Waals surface area (Å²) in [6.07, 6.45) is 6.47. The maximum absolute atomic E-state index is 11.6. The van der Waals surface area contributed by atoms with Crippen LogP contribution in [0.5, 0.6) is 0 Å². The summed E-state index contributed by atoms with van der Waals surface area (Å²) in [5.41, 5.74) is 0.928. The number of nitrogens with zero attached hydrogens (tertiary/aromatic N) is 1. The largest absolute Gasteiger partial charge is 0.450 e. The molecule has 2 rings (SSSR count). The summed E-state index contributed by atoms with van der Waals surface area (Å²) in [5, 5.41) is 9.36. The van der Waals surface area contributed by atoms with Gasteiger partial charge in [0.2, 0.25) is 5.91 Å². The minimum absolute atomic E-state index is 0.0933. The van der Waals surface area contributed by atoms with Crippen LogP contribution in [0.4, 0.5) is 0 Å². The van der Waals surface area contributed by atoms with Crippen LogP contribution < -0.4 is 5.32 Å². The number of hydrogen-bond donors (Lipinski definition) is 2. The fraction of sp³-hybridized carbons (Fsp3) is 0.167. The molecule has 0 bridgehead atoms. The monoisotopic (exact) mass is 309 g/mol. The van der Waals surface area contributed by atoms with Gasteiger partial charge >= 0.3 is 0 Å². The van der Waals surface area contributed by atoms with Crippen molar-refractivity contribution in [2.45, 2.75) is 13.0 Å². The fourth-order valence-electron chi connectivity index (χ4n) is 1.42. The molecule has 0 saturated carbocycles. The smallest absolute Gasteiger partial charge is 0.244 e. The highest BCUT2D eigenvalue weighted by molar-refractivity contribution is 9.10. The molecule has 94 valence electrons. The first-order valence-electron chi connectivity index (χ1n) is 5.38. The van der Waals surface area contributed by atoms with Crippen LogP contribution >= 0.6 is 15.9 Å². The van der Waals surface area contributed by atoms with Gasteiger partial charge in [-0.2, -0.15) is 5.10 Å². The SMILES string of the molecule is CC(NC(=O)/C=C/c1ccc(Br)o1)c1cn[nH]c1. The van der Waals surface area contributed by atoms with Gasteiger partial charge in [-0.25, -0.2) is 0 Å². The molecule has 0 fully saturated rings. The number of carbonyl (C=O) groups excluding carboxylic acids is 1. The van der Waals surface area contributed by atoms with Crippen LogP contribution in [0, 0.1) is 0 Å². The van der Waals surface area contributed by atoms with Crippen LogP contribution in [-0.4, -0.2) is 16.1 Å². The zero-order chi connectivity index (χ0) is 13.0. The number of aromatic amines is 1. The first-order chi connectivity index (χ1) is 8.65. The number of amides is 1. The minimum atomic E-state index is -0.184. The Morgan fingerprint density at radius 2 is 2.44 bits per heavy atom. The van der Waals surface area contributed by atoms with E-state index in [1.54, 1.807) is 30.6 Å². The van der Waals surface area contributed by atoms with Gasteiger partial charge in [-0.05, 0) is 41.1 Å². The zero-order valence-corrected chi connectivity index (χ0v) is 11.3. The van der Waals surface area contributed by atoms with Crippen molar-refractivity contribution in [1.82, 2.24) is 15.5 Å². The van der Waals surface area contributed by atoms with E-state index in [0.29, 0.717) is 10.4 Å². The lowest BCUT2D eigenvalue weighted by atomic mass is 10.2. The molecule has 6 heteroatoms. The highest BCUT2D eigenvalue weighted by atomic mass is 79.9. The van der Waals surface area contributed by atoms with Gasteiger partial charge in [0.1, 0.15) is 5.76 Å². The van der Waals surface area contributed by atoms with Crippen molar-refractivity contribution < 1.29 is 9.21 Å². The Hall–Kier alpha value is -1.82. The van der Waals surface area contributed by atoms with Crippen LogP contribution in [0.1, 0.15) is 24.3 Å². The molecule has 2 aromatic rings. The first kappa shape index (κ1) is 12.6. The Morgan fingerprint density at radius 1 is 1.61 bits per heavy atom. The van der Waals surface area contributed by atoms with Crippen molar-refractivity contribution in [1.29, 1.82) is 0 Å². The molecule has 2 aromatic heterocycles. The molecule has 0 aliphatic heterocycles. The lowest BCUT2D eigenvalue weighted by Gasteiger charge is -2.09. The molecule has 0 spiro atoms. The average Bonchev–Trinajstić information content (AvgIpc) is 2.97. The van der Waals surface area contributed by atoms with Crippen molar-refractivity contribution in [3.05, 3.63) is 46.6 Å². The van der Waals surface area contributed by atoms with E-state index in [1.165, 1.54) is 6.08 Å². The molecule has 1 amide bonds. The maximum Gasteiger partial charge on any atom is 0.244 e. The van der Waals surface area contributed by atoms with Gasteiger partial charge in [-0.3, -0.25) is 9.89 Å². The van der Waals surface area contributed by atoms with Crippen LogP contribution in [0.25, 0.3) is 6.08 Å². The molecule has 0 aliphatic carbocycles. The fourth-order valence-corrected chi connectivity index (χ4v) is 1.74. The summed E-state index contributed by atoms with van der Waals surface area (Å²) in [4.78, 5) is 11.6. The van der Waals surface area contributed by atoms with Crippen molar-refractivity contribution >= 4 is 27.9 Å². The second-order valence-electron chi connectivity index (χ2n) is 3.74. The predicted molar refractivity (Wildman–Crippen MR) is 70.6 cm³/mol. The molecule has 18 heavy (non-hydrogen) atoms. The molecule has 2 heterocycles. The Labute approximate surface area is 112 Å². The number of halogens is 1. The van der Waals surface area contributed by atoms with E-state index < -0.39 is 0 Å². The van der Waals surface area contributed by atoms with E-state index in [2.05, 4.69) is 31.4 Å². The Kier molecular flexibility index (Phi) is 3.99. The number of nitrogens with one attached hydrogen (secondary N) is 2. The highest BCUT2D eigenvalue weighted by Crippen LogP contribution is 2.15. The number of aromatic nitrogens is 2. The van der Waals surface area contributed by atoms with Crippen molar-refractivity contribution in [3.63, 3.8) is 0 Å². The average molecular weight is 310 g/mol. The lowest BCUT2D eigenvalue weighted by molar-refractivity contribution is -0.117. The molecular weight excluding hydrogens is 298 g/mol. The van der Waals surface area contributed by atoms with Crippen molar-refractivity contribution in [2.24, 2.45) is 0 Å². The number of carbonyl (C=O) groups is 1. The number of furan rings is 1. The van der Waals surface area contributed by atoms with Crippen molar-refractivity contribution in [2.75, 3.05) is 0 Å². The molecule has 1 unspecified atom stereocenters. The van der Waals surface area contributed by atoms with Gasteiger partial charge in [0.25, 0.3) is 0 Å². The summed E-state index contributed by atoms with van der Waals surface area (Å²) in [6, 6.07) is 3.45. The number of H-pyrrole nitrogens is 1. The minimum Gasteiger partial charge on any atom is -0.450 e.